The van der Waals surface area contributed by atoms with Gasteiger partial charge in [0, 0.05) is 13.1 Å². The number of aromatic nitrogens is 1. The van der Waals surface area contributed by atoms with E-state index in [9.17, 15) is 4.79 Å². The Morgan fingerprint density at radius 3 is 2.58 bits per heavy atom. The zero-order valence-corrected chi connectivity index (χ0v) is 22.0. The van der Waals surface area contributed by atoms with Crippen molar-refractivity contribution in [3.63, 3.8) is 0 Å². The third-order valence-corrected chi connectivity index (χ3v) is 5.71. The average Bonchev–Trinajstić information content (AvgIpc) is 3.14. The summed E-state index contributed by atoms with van der Waals surface area (Å²) in [5.74, 6) is 1.29. The van der Waals surface area contributed by atoms with Crippen LogP contribution in [0, 0.1) is 6.92 Å². The molecule has 1 atom stereocenters. The summed E-state index contributed by atoms with van der Waals surface area (Å²) in [5, 5.41) is 7.48. The monoisotopic (exact) mass is 560 g/mol. The predicted molar refractivity (Wildman–Crippen MR) is 137 cm³/mol. The van der Waals surface area contributed by atoms with Crippen LogP contribution in [-0.2, 0) is 11.2 Å². The summed E-state index contributed by atoms with van der Waals surface area (Å²) in [7, 11) is 1.67. The first-order chi connectivity index (χ1) is 14.5. The topological polar surface area (TPSA) is 84.8 Å². The molecule has 0 aliphatic heterocycles. The van der Waals surface area contributed by atoms with E-state index in [1.165, 1.54) is 16.9 Å². The quantitative estimate of drug-likeness (QED) is 0.146. The summed E-state index contributed by atoms with van der Waals surface area (Å²) in [6.07, 6.45) is 1.90. The molecule has 0 spiro atoms. The van der Waals surface area contributed by atoms with Crippen LogP contribution in [0.5, 0.6) is 5.75 Å². The third kappa shape index (κ3) is 8.64. The van der Waals surface area contributed by atoms with E-state index in [0.717, 1.165) is 36.1 Å². The molecule has 7 nitrogen and oxygen atoms in total. The molecule has 0 saturated carbocycles. The molecule has 2 rings (SSSR count). The minimum atomic E-state index is -0.315. The number of hydrogen-bond acceptors (Lipinski definition) is 6. The number of benzene rings is 1. The number of esters is 1. The Labute approximate surface area is 206 Å². The van der Waals surface area contributed by atoms with Gasteiger partial charge in [-0.1, -0.05) is 12.1 Å². The molecule has 0 fully saturated rings. The van der Waals surface area contributed by atoms with Crippen LogP contribution in [0.25, 0.3) is 0 Å². The van der Waals surface area contributed by atoms with Gasteiger partial charge >= 0.3 is 5.97 Å². The molecule has 0 radical (unpaired) electrons. The zero-order valence-electron chi connectivity index (χ0n) is 18.9. The van der Waals surface area contributed by atoms with Crippen molar-refractivity contribution in [2.45, 2.75) is 46.6 Å². The van der Waals surface area contributed by atoms with Gasteiger partial charge in [-0.15, -0.1) is 35.3 Å². The van der Waals surface area contributed by atoms with Gasteiger partial charge in [-0.25, -0.2) is 9.78 Å². The fraction of sp³-hybridized carbons (Fsp3) is 0.500. The number of nitrogens with one attached hydrogen (secondary N) is 2. The molecule has 0 aliphatic rings. The van der Waals surface area contributed by atoms with Crippen LogP contribution in [-0.4, -0.2) is 43.7 Å². The van der Waals surface area contributed by atoms with E-state index in [1.807, 2.05) is 32.9 Å². The van der Waals surface area contributed by atoms with Crippen molar-refractivity contribution < 1.29 is 14.3 Å². The highest BCUT2D eigenvalue weighted by atomic mass is 127. The summed E-state index contributed by atoms with van der Waals surface area (Å²) in [6.45, 7) is 9.50. The highest BCUT2D eigenvalue weighted by Crippen LogP contribution is 2.24. The number of aryl methyl sites for hydroxylation is 2. The van der Waals surface area contributed by atoms with Crippen LogP contribution < -0.4 is 15.4 Å². The summed E-state index contributed by atoms with van der Waals surface area (Å²) in [4.78, 5) is 21.8. The van der Waals surface area contributed by atoms with Crippen molar-refractivity contribution in [1.29, 1.82) is 0 Å². The first kappa shape index (κ1) is 27.2. The molecule has 1 heterocycles. The van der Waals surface area contributed by atoms with Gasteiger partial charge in [0.25, 0.3) is 0 Å². The second-order valence-electron chi connectivity index (χ2n) is 6.77. The largest absolute Gasteiger partial charge is 0.497 e. The normalized spacial score (nSPS) is 12.0. The SMILES string of the molecule is CCNC(=NCCCc1ccc(OC)cc1)NC(C)c1nc(C)c(C(=O)OCC)s1.I. The molecule has 9 heteroatoms. The fourth-order valence-corrected chi connectivity index (χ4v) is 3.80. The van der Waals surface area contributed by atoms with Gasteiger partial charge in [0.1, 0.15) is 15.6 Å². The first-order valence-electron chi connectivity index (χ1n) is 10.3. The highest BCUT2D eigenvalue weighted by Gasteiger charge is 2.20. The summed E-state index contributed by atoms with van der Waals surface area (Å²) >= 11 is 1.36. The van der Waals surface area contributed by atoms with Crippen LogP contribution in [0.2, 0.25) is 0 Å². The lowest BCUT2D eigenvalue weighted by Gasteiger charge is -2.16. The molecular formula is C22H33IN4O3S. The van der Waals surface area contributed by atoms with Gasteiger partial charge in [-0.05, 0) is 58.2 Å². The number of guanidine groups is 1. The first-order valence-corrected chi connectivity index (χ1v) is 11.1. The number of thiazole rings is 1. The molecule has 1 aromatic heterocycles. The lowest BCUT2D eigenvalue weighted by atomic mass is 10.1. The predicted octanol–water partition coefficient (Wildman–Crippen LogP) is 4.50. The number of hydrogen-bond donors (Lipinski definition) is 2. The minimum Gasteiger partial charge on any atom is -0.497 e. The molecule has 172 valence electrons. The van der Waals surface area contributed by atoms with Crippen molar-refractivity contribution in [3.8, 4) is 5.75 Å². The number of methoxy groups -OCH3 is 1. The Morgan fingerprint density at radius 1 is 1.26 bits per heavy atom. The third-order valence-electron chi connectivity index (χ3n) is 4.39. The van der Waals surface area contributed by atoms with E-state index in [-0.39, 0.29) is 36.0 Å². The van der Waals surface area contributed by atoms with Crippen molar-refractivity contribution in [3.05, 3.63) is 45.4 Å². The summed E-state index contributed by atoms with van der Waals surface area (Å²) in [6, 6.07) is 8.05. The summed E-state index contributed by atoms with van der Waals surface area (Å²) < 4.78 is 10.3. The summed E-state index contributed by atoms with van der Waals surface area (Å²) in [5.41, 5.74) is 1.96. The Balaban J connectivity index is 0.00000480. The second-order valence-corrected chi connectivity index (χ2v) is 7.80. The van der Waals surface area contributed by atoms with Crippen molar-refractivity contribution in [2.24, 2.45) is 4.99 Å². The maximum absolute atomic E-state index is 12.0. The number of rotatable bonds is 10. The lowest BCUT2D eigenvalue weighted by molar-refractivity contribution is 0.0531. The van der Waals surface area contributed by atoms with Gasteiger partial charge in [-0.2, -0.15) is 0 Å². The second kappa shape index (κ2) is 14.2. The molecule has 0 amide bonds. The molecule has 1 unspecified atom stereocenters. The van der Waals surface area contributed by atoms with E-state index in [0.29, 0.717) is 23.7 Å². The van der Waals surface area contributed by atoms with Crippen LogP contribution in [0.1, 0.15) is 59.2 Å². The van der Waals surface area contributed by atoms with Crippen molar-refractivity contribution in [1.82, 2.24) is 15.6 Å². The molecule has 31 heavy (non-hydrogen) atoms. The van der Waals surface area contributed by atoms with Gasteiger partial charge in [0.05, 0.1) is 25.5 Å². The Kier molecular flexibility index (Phi) is 12.5. The molecule has 2 aromatic rings. The maximum Gasteiger partial charge on any atom is 0.350 e. The molecular weight excluding hydrogens is 527 g/mol. The number of aliphatic imine (C=N–C) groups is 1. The van der Waals surface area contributed by atoms with Gasteiger partial charge in [0.2, 0.25) is 0 Å². The van der Waals surface area contributed by atoms with Crippen LogP contribution in [0.4, 0.5) is 0 Å². The zero-order chi connectivity index (χ0) is 21.9. The number of carbonyl (C=O) groups excluding carboxylic acids is 1. The fourth-order valence-electron chi connectivity index (χ4n) is 2.84. The minimum absolute atomic E-state index is 0. The van der Waals surface area contributed by atoms with E-state index < -0.39 is 0 Å². The van der Waals surface area contributed by atoms with Crippen LogP contribution >= 0.6 is 35.3 Å². The molecule has 1 aromatic carbocycles. The van der Waals surface area contributed by atoms with Crippen molar-refractivity contribution >= 4 is 47.2 Å². The van der Waals surface area contributed by atoms with E-state index >= 15 is 0 Å². The molecule has 0 saturated heterocycles. The van der Waals surface area contributed by atoms with Gasteiger partial charge in [-0.3, -0.25) is 4.99 Å². The number of carbonyl (C=O) groups is 1. The Hall–Kier alpha value is -1.88. The van der Waals surface area contributed by atoms with E-state index in [1.54, 1.807) is 14.0 Å². The smallest absolute Gasteiger partial charge is 0.350 e. The Morgan fingerprint density at radius 2 is 1.97 bits per heavy atom. The van der Waals surface area contributed by atoms with E-state index in [4.69, 9.17) is 9.47 Å². The molecule has 0 bridgehead atoms. The number of halogens is 1. The Bertz CT molecular complexity index is 840. The molecule has 2 N–H and O–H groups in total. The lowest BCUT2D eigenvalue weighted by Crippen LogP contribution is -2.38. The van der Waals surface area contributed by atoms with Crippen molar-refractivity contribution in [2.75, 3.05) is 26.8 Å². The number of ether oxygens (including phenoxy) is 2. The van der Waals surface area contributed by atoms with E-state index in [2.05, 4.69) is 32.7 Å². The standard InChI is InChI=1S/C22H32N4O3S.HI/c1-6-23-22(24-14-8-9-17-10-12-18(28-5)13-11-17)26-16(4)20-25-15(3)19(30-20)21(27)29-7-2;/h10-13,16H,6-9,14H2,1-5H3,(H2,23,24,26);1H. The van der Waals surface area contributed by atoms with Gasteiger partial charge in [0.15, 0.2) is 5.96 Å². The molecule has 0 aliphatic carbocycles. The van der Waals surface area contributed by atoms with Crippen LogP contribution in [0.15, 0.2) is 29.3 Å². The number of nitrogens with zero attached hydrogens (tertiary/aromatic N) is 2. The van der Waals surface area contributed by atoms with Gasteiger partial charge < -0.3 is 20.1 Å². The van der Waals surface area contributed by atoms with Crippen LogP contribution in [0.3, 0.4) is 0 Å². The maximum atomic E-state index is 12.0. The highest BCUT2D eigenvalue weighted by molar-refractivity contribution is 14.0. The average molecular weight is 561 g/mol.